The van der Waals surface area contributed by atoms with Gasteiger partial charge in [-0.2, -0.15) is 0 Å². The van der Waals surface area contributed by atoms with Crippen molar-refractivity contribution in [2.75, 3.05) is 38.5 Å². The van der Waals surface area contributed by atoms with Crippen LogP contribution < -0.4 is 10.6 Å². The molecule has 1 saturated heterocycles. The molecule has 3 aromatic rings. The van der Waals surface area contributed by atoms with Gasteiger partial charge in [-0.25, -0.2) is 12.7 Å². The summed E-state index contributed by atoms with van der Waals surface area (Å²) in [5.41, 5.74) is 3.17. The summed E-state index contributed by atoms with van der Waals surface area (Å²) < 4.78 is 28.0. The first kappa shape index (κ1) is 29.2. The summed E-state index contributed by atoms with van der Waals surface area (Å²) in [5, 5.41) is 5.59. The molecule has 0 aromatic heterocycles. The van der Waals surface area contributed by atoms with E-state index in [1.807, 2.05) is 37.3 Å². The van der Waals surface area contributed by atoms with Crippen molar-refractivity contribution in [1.29, 1.82) is 0 Å². The number of amides is 3. The first-order valence-electron chi connectivity index (χ1n) is 13.9. The number of fused-ring (bicyclic) bond motifs is 1. The van der Waals surface area contributed by atoms with Crippen LogP contribution in [0.25, 0.3) is 0 Å². The molecule has 1 unspecified atom stereocenters. The second-order valence-electron chi connectivity index (χ2n) is 10.3. The van der Waals surface area contributed by atoms with E-state index in [2.05, 4.69) is 10.6 Å². The third-order valence-electron chi connectivity index (χ3n) is 7.42. The molecule has 2 aliphatic rings. The SMILES string of the molecule is CCCCN(C)S(=O)(=O)c1ccc2c(c1)C(C(=Nc1ccc(C(=O)N3CCNC(=O)C3)cc1)c1ccccc1)C(=O)N2. The van der Waals surface area contributed by atoms with Crippen LogP contribution in [0.1, 0.15) is 47.2 Å². The number of unbranched alkanes of at least 4 members (excludes halogenated alkanes) is 1. The van der Waals surface area contributed by atoms with E-state index in [0.717, 1.165) is 12.8 Å². The van der Waals surface area contributed by atoms with Gasteiger partial charge < -0.3 is 15.5 Å². The Morgan fingerprint density at radius 3 is 2.45 bits per heavy atom. The topological polar surface area (TPSA) is 128 Å². The Hall–Kier alpha value is -4.35. The van der Waals surface area contributed by atoms with Crippen LogP contribution in [-0.4, -0.2) is 74.3 Å². The number of hydrogen-bond donors (Lipinski definition) is 2. The molecule has 2 heterocycles. The van der Waals surface area contributed by atoms with Crippen molar-refractivity contribution >= 4 is 44.8 Å². The van der Waals surface area contributed by atoms with Crippen molar-refractivity contribution in [2.24, 2.45) is 4.99 Å². The number of piperazine rings is 1. The van der Waals surface area contributed by atoms with Crippen molar-refractivity contribution in [3.8, 4) is 0 Å². The highest BCUT2D eigenvalue weighted by Gasteiger charge is 2.37. The van der Waals surface area contributed by atoms with Crippen molar-refractivity contribution in [3.05, 3.63) is 89.5 Å². The third kappa shape index (κ3) is 5.97. The highest BCUT2D eigenvalue weighted by molar-refractivity contribution is 7.89. The number of nitrogens with one attached hydrogen (secondary N) is 2. The average molecular weight is 588 g/mol. The molecule has 2 N–H and O–H groups in total. The summed E-state index contributed by atoms with van der Waals surface area (Å²) in [4.78, 5) is 44.5. The molecule has 1 fully saturated rings. The lowest BCUT2D eigenvalue weighted by atomic mass is 9.90. The molecule has 0 bridgehead atoms. The Kier molecular flexibility index (Phi) is 8.51. The largest absolute Gasteiger partial charge is 0.353 e. The number of aliphatic imine (C=N–C) groups is 1. The van der Waals surface area contributed by atoms with Gasteiger partial charge in [0.1, 0.15) is 5.92 Å². The Labute approximate surface area is 245 Å². The fourth-order valence-corrected chi connectivity index (χ4v) is 6.31. The van der Waals surface area contributed by atoms with E-state index in [1.165, 1.54) is 15.3 Å². The van der Waals surface area contributed by atoms with Crippen LogP contribution in [0.2, 0.25) is 0 Å². The third-order valence-corrected chi connectivity index (χ3v) is 9.27. The second kappa shape index (κ2) is 12.3. The number of carbonyl (C=O) groups is 3. The Balaban J connectivity index is 1.51. The summed E-state index contributed by atoms with van der Waals surface area (Å²) in [6.45, 7) is 3.26. The monoisotopic (exact) mass is 587 g/mol. The number of nitrogens with zero attached hydrogens (tertiary/aromatic N) is 3. The van der Waals surface area contributed by atoms with E-state index in [4.69, 9.17) is 4.99 Å². The summed E-state index contributed by atoms with van der Waals surface area (Å²) in [6.07, 6.45) is 1.61. The molecule has 1 atom stereocenters. The normalized spacial score (nSPS) is 17.2. The van der Waals surface area contributed by atoms with Crippen LogP contribution in [0.15, 0.2) is 82.7 Å². The fourth-order valence-electron chi connectivity index (χ4n) is 5.07. The highest BCUT2D eigenvalue weighted by Crippen LogP contribution is 2.38. The maximum atomic E-state index is 13.4. The predicted octanol–water partition coefficient (Wildman–Crippen LogP) is 3.54. The van der Waals surface area contributed by atoms with Crippen LogP contribution in [0.5, 0.6) is 0 Å². The number of rotatable bonds is 9. The Bertz CT molecular complexity index is 1640. The lowest BCUT2D eigenvalue weighted by Gasteiger charge is -2.26. The van der Waals surface area contributed by atoms with Crippen LogP contribution in [0.3, 0.4) is 0 Å². The van der Waals surface area contributed by atoms with Gasteiger partial charge >= 0.3 is 0 Å². The molecule has 11 heteroatoms. The molecular formula is C31H33N5O5S. The highest BCUT2D eigenvalue weighted by atomic mass is 32.2. The van der Waals surface area contributed by atoms with Crippen LogP contribution in [0, 0.1) is 0 Å². The summed E-state index contributed by atoms with van der Waals surface area (Å²) >= 11 is 0. The minimum Gasteiger partial charge on any atom is -0.353 e. The first-order valence-corrected chi connectivity index (χ1v) is 15.3. The molecule has 0 saturated carbocycles. The van der Waals surface area contributed by atoms with E-state index in [1.54, 1.807) is 43.4 Å². The van der Waals surface area contributed by atoms with Gasteiger partial charge in [0.15, 0.2) is 0 Å². The fraction of sp³-hybridized carbons (Fsp3) is 0.290. The Morgan fingerprint density at radius 2 is 1.76 bits per heavy atom. The maximum Gasteiger partial charge on any atom is 0.254 e. The van der Waals surface area contributed by atoms with Gasteiger partial charge in [0.2, 0.25) is 21.8 Å². The maximum absolute atomic E-state index is 13.4. The summed E-state index contributed by atoms with van der Waals surface area (Å²) in [5.74, 6) is -1.60. The average Bonchev–Trinajstić information content (AvgIpc) is 3.33. The lowest BCUT2D eigenvalue weighted by Crippen LogP contribution is -2.49. The van der Waals surface area contributed by atoms with Crippen molar-refractivity contribution < 1.29 is 22.8 Å². The smallest absolute Gasteiger partial charge is 0.254 e. The number of benzene rings is 3. The zero-order valence-corrected chi connectivity index (χ0v) is 24.4. The van der Waals surface area contributed by atoms with Gasteiger partial charge in [0.05, 0.1) is 22.8 Å². The molecule has 0 aliphatic carbocycles. The number of hydrogen-bond acceptors (Lipinski definition) is 6. The van der Waals surface area contributed by atoms with E-state index >= 15 is 0 Å². The van der Waals surface area contributed by atoms with Crippen LogP contribution in [0.4, 0.5) is 11.4 Å². The van der Waals surface area contributed by atoms with E-state index in [9.17, 15) is 22.8 Å². The second-order valence-corrected chi connectivity index (χ2v) is 12.4. The zero-order valence-electron chi connectivity index (χ0n) is 23.5. The van der Waals surface area contributed by atoms with Crippen molar-refractivity contribution in [3.63, 3.8) is 0 Å². The summed E-state index contributed by atoms with van der Waals surface area (Å²) in [6, 6.07) is 20.6. The molecule has 0 radical (unpaired) electrons. The van der Waals surface area contributed by atoms with Crippen molar-refractivity contribution in [2.45, 2.75) is 30.6 Å². The molecule has 218 valence electrons. The van der Waals surface area contributed by atoms with Gasteiger partial charge in [-0.1, -0.05) is 43.7 Å². The molecule has 0 spiro atoms. The standard InChI is InChI=1S/C31H33N5O5S/c1-3-4-17-35(2)42(40,41)24-14-15-26-25(19-24)28(30(38)34-26)29(21-8-6-5-7-9-21)33-23-12-10-22(11-13-23)31(39)36-18-16-32-27(37)20-36/h5-15,19,28H,3-4,16-18,20H2,1-2H3,(H,32,37)(H,34,38). The van der Waals surface area contributed by atoms with E-state index < -0.39 is 15.9 Å². The molecule has 3 aromatic carbocycles. The minimum absolute atomic E-state index is 0.0131. The number of carbonyl (C=O) groups excluding carboxylic acids is 3. The summed E-state index contributed by atoms with van der Waals surface area (Å²) in [7, 11) is -2.20. The molecular weight excluding hydrogens is 554 g/mol. The van der Waals surface area contributed by atoms with Gasteiger partial charge in [0, 0.05) is 37.9 Å². The van der Waals surface area contributed by atoms with E-state index in [0.29, 0.717) is 53.4 Å². The van der Waals surface area contributed by atoms with Gasteiger partial charge in [0.25, 0.3) is 5.91 Å². The van der Waals surface area contributed by atoms with Crippen LogP contribution in [-0.2, 0) is 19.6 Å². The molecule has 2 aliphatic heterocycles. The first-order chi connectivity index (χ1) is 20.2. The van der Waals surface area contributed by atoms with Gasteiger partial charge in [-0.05, 0) is 60.0 Å². The molecule has 10 nitrogen and oxygen atoms in total. The van der Waals surface area contributed by atoms with E-state index in [-0.39, 0.29) is 29.2 Å². The zero-order chi connectivity index (χ0) is 29.9. The Morgan fingerprint density at radius 1 is 1.02 bits per heavy atom. The molecule has 3 amide bonds. The van der Waals surface area contributed by atoms with Gasteiger partial charge in [-0.15, -0.1) is 0 Å². The lowest BCUT2D eigenvalue weighted by molar-refractivity contribution is -0.123. The van der Waals surface area contributed by atoms with Crippen LogP contribution >= 0.6 is 0 Å². The van der Waals surface area contributed by atoms with Crippen molar-refractivity contribution in [1.82, 2.24) is 14.5 Å². The van der Waals surface area contributed by atoms with Gasteiger partial charge in [-0.3, -0.25) is 19.4 Å². The number of anilines is 1. The number of sulfonamides is 1. The quantitative estimate of drug-likeness (QED) is 0.370. The molecule has 5 rings (SSSR count). The molecule has 42 heavy (non-hydrogen) atoms. The predicted molar refractivity (Wildman–Crippen MR) is 161 cm³/mol. The minimum atomic E-state index is -3.76.